The van der Waals surface area contributed by atoms with E-state index in [0.29, 0.717) is 9.13 Å². The molecule has 70 valence electrons. The van der Waals surface area contributed by atoms with E-state index in [2.05, 4.69) is 4.74 Å². The van der Waals surface area contributed by atoms with E-state index in [4.69, 9.17) is 0 Å². The van der Waals surface area contributed by atoms with E-state index in [9.17, 15) is 9.90 Å². The maximum Gasteiger partial charge on any atom is 0.339 e. The summed E-state index contributed by atoms with van der Waals surface area (Å²) in [7, 11) is 1.31. The van der Waals surface area contributed by atoms with Crippen molar-refractivity contribution in [1.29, 1.82) is 0 Å². The van der Waals surface area contributed by atoms with E-state index in [1.807, 2.05) is 45.2 Å². The molecule has 0 radical (unpaired) electrons. The Hall–Kier alpha value is -0.0500. The monoisotopic (exact) mass is 404 g/mol. The van der Waals surface area contributed by atoms with Crippen molar-refractivity contribution in [3.05, 3.63) is 24.8 Å². The second-order valence-corrected chi connectivity index (χ2v) is 4.60. The summed E-state index contributed by atoms with van der Waals surface area (Å²) in [6.07, 6.45) is 0. The van der Waals surface area contributed by atoms with Crippen LogP contribution in [0.5, 0.6) is 5.75 Å². The van der Waals surface area contributed by atoms with Gasteiger partial charge in [0.2, 0.25) is 0 Å². The number of phenols is 1. The smallest absolute Gasteiger partial charge is 0.339 e. The number of hydrogen-bond acceptors (Lipinski definition) is 3. The Morgan fingerprint density at radius 1 is 1.46 bits per heavy atom. The number of aromatic hydroxyl groups is 1. The van der Waals surface area contributed by atoms with Gasteiger partial charge in [0.15, 0.2) is 0 Å². The minimum Gasteiger partial charge on any atom is -0.507 e. The lowest BCUT2D eigenvalue weighted by atomic mass is 10.2. The van der Waals surface area contributed by atoms with Gasteiger partial charge in [0.05, 0.1) is 16.2 Å². The molecule has 1 aromatic carbocycles. The molecule has 0 atom stereocenters. The van der Waals surface area contributed by atoms with Gasteiger partial charge in [0.1, 0.15) is 5.75 Å². The molecule has 0 saturated carbocycles. The molecule has 3 nitrogen and oxygen atoms in total. The summed E-state index contributed by atoms with van der Waals surface area (Å²) in [5.41, 5.74) is 0.396. The number of methoxy groups -OCH3 is 1. The number of ether oxygens (including phenoxy) is 1. The summed E-state index contributed by atoms with van der Waals surface area (Å²) in [6, 6.07) is 3.27. The van der Waals surface area contributed by atoms with Crippen LogP contribution in [0.15, 0.2) is 12.1 Å². The fraction of sp³-hybridized carbons (Fsp3) is 0.125. The first kappa shape index (κ1) is 11.0. The van der Waals surface area contributed by atoms with Gasteiger partial charge in [0, 0.05) is 3.57 Å². The Morgan fingerprint density at radius 3 is 2.62 bits per heavy atom. The Bertz CT molecular complexity index is 349. The molecule has 0 aromatic heterocycles. The lowest BCUT2D eigenvalue weighted by Crippen LogP contribution is -2.04. The highest BCUT2D eigenvalue weighted by Gasteiger charge is 2.14. The second kappa shape index (κ2) is 4.45. The topological polar surface area (TPSA) is 46.5 Å². The minimum atomic E-state index is -0.432. The van der Waals surface area contributed by atoms with Gasteiger partial charge in [0.25, 0.3) is 0 Å². The number of carbonyl (C=O) groups is 1. The summed E-state index contributed by atoms with van der Waals surface area (Å²) in [5.74, 6) is -0.328. The molecule has 5 heteroatoms. The van der Waals surface area contributed by atoms with E-state index in [1.165, 1.54) is 7.11 Å². The lowest BCUT2D eigenvalue weighted by Gasteiger charge is -2.04. The summed E-state index contributed by atoms with van der Waals surface area (Å²) in [5, 5.41) is 9.41. The Morgan fingerprint density at radius 2 is 2.08 bits per heavy atom. The molecule has 0 heterocycles. The van der Waals surface area contributed by atoms with Crippen LogP contribution in [0.1, 0.15) is 10.4 Å². The number of phenolic OH excluding ortho intramolecular Hbond substituents is 1. The number of benzene rings is 1. The quantitative estimate of drug-likeness (QED) is 0.578. The molecule has 0 bridgehead atoms. The van der Waals surface area contributed by atoms with Crippen LogP contribution in [0.3, 0.4) is 0 Å². The predicted molar refractivity (Wildman–Crippen MR) is 64.9 cm³/mol. The third kappa shape index (κ3) is 2.46. The Kier molecular flexibility index (Phi) is 3.77. The third-order valence-electron chi connectivity index (χ3n) is 1.42. The van der Waals surface area contributed by atoms with Crippen molar-refractivity contribution >= 4 is 51.2 Å². The van der Waals surface area contributed by atoms with Crippen molar-refractivity contribution in [2.45, 2.75) is 0 Å². The van der Waals surface area contributed by atoms with Crippen molar-refractivity contribution < 1.29 is 14.6 Å². The SMILES string of the molecule is COC(=O)c1cc(I)cc(O)c1I. The zero-order valence-electron chi connectivity index (χ0n) is 6.67. The van der Waals surface area contributed by atoms with Gasteiger partial charge in [-0.1, -0.05) is 0 Å². The van der Waals surface area contributed by atoms with E-state index in [1.54, 1.807) is 12.1 Å². The highest BCUT2D eigenvalue weighted by atomic mass is 127. The first-order chi connectivity index (χ1) is 6.06. The average molecular weight is 404 g/mol. The molecule has 0 spiro atoms. The fourth-order valence-electron chi connectivity index (χ4n) is 0.833. The molecular formula is C8H6I2O3. The zero-order chi connectivity index (χ0) is 10.0. The number of esters is 1. The summed E-state index contributed by atoms with van der Waals surface area (Å²) < 4.78 is 5.89. The molecular weight excluding hydrogens is 398 g/mol. The van der Waals surface area contributed by atoms with Crippen LogP contribution in [0.2, 0.25) is 0 Å². The minimum absolute atomic E-state index is 0.105. The number of rotatable bonds is 1. The normalized spacial score (nSPS) is 9.77. The Labute approximate surface area is 103 Å². The standard InChI is InChI=1S/C8H6I2O3/c1-13-8(12)5-2-4(9)3-6(11)7(5)10/h2-3,11H,1H3. The maximum atomic E-state index is 11.2. The maximum absolute atomic E-state index is 11.2. The molecule has 0 unspecified atom stereocenters. The Balaban J connectivity index is 3.28. The molecule has 0 aliphatic heterocycles. The van der Waals surface area contributed by atoms with Crippen LogP contribution in [-0.4, -0.2) is 18.2 Å². The van der Waals surface area contributed by atoms with E-state index >= 15 is 0 Å². The number of carbonyl (C=O) groups excluding carboxylic acids is 1. The number of hydrogen-bond donors (Lipinski definition) is 1. The zero-order valence-corrected chi connectivity index (χ0v) is 11.0. The molecule has 1 N–H and O–H groups in total. The first-order valence-corrected chi connectivity index (χ1v) is 5.48. The summed E-state index contributed by atoms with van der Waals surface area (Å²) in [4.78, 5) is 11.2. The molecule has 0 amide bonds. The van der Waals surface area contributed by atoms with E-state index in [0.717, 1.165) is 3.57 Å². The fourth-order valence-corrected chi connectivity index (χ4v) is 1.97. The molecule has 1 rings (SSSR count). The van der Waals surface area contributed by atoms with Crippen LogP contribution in [0.25, 0.3) is 0 Å². The predicted octanol–water partition coefficient (Wildman–Crippen LogP) is 2.39. The van der Waals surface area contributed by atoms with E-state index in [-0.39, 0.29) is 5.75 Å². The van der Waals surface area contributed by atoms with Gasteiger partial charge in [-0.15, -0.1) is 0 Å². The van der Waals surface area contributed by atoms with Crippen LogP contribution >= 0.6 is 45.2 Å². The molecule has 0 fully saturated rings. The van der Waals surface area contributed by atoms with Crippen molar-refractivity contribution in [3.8, 4) is 5.75 Å². The largest absolute Gasteiger partial charge is 0.507 e. The summed E-state index contributed by atoms with van der Waals surface area (Å²) >= 11 is 3.93. The van der Waals surface area contributed by atoms with Crippen molar-refractivity contribution in [2.24, 2.45) is 0 Å². The second-order valence-electron chi connectivity index (χ2n) is 2.28. The highest BCUT2D eigenvalue weighted by molar-refractivity contribution is 14.1. The molecule has 0 saturated heterocycles. The van der Waals surface area contributed by atoms with Gasteiger partial charge in [-0.2, -0.15) is 0 Å². The average Bonchev–Trinajstić information content (AvgIpc) is 2.10. The van der Waals surface area contributed by atoms with Gasteiger partial charge in [-0.3, -0.25) is 0 Å². The van der Waals surface area contributed by atoms with Crippen molar-refractivity contribution in [2.75, 3.05) is 7.11 Å². The van der Waals surface area contributed by atoms with Gasteiger partial charge >= 0.3 is 5.97 Å². The van der Waals surface area contributed by atoms with Gasteiger partial charge in [-0.25, -0.2) is 4.79 Å². The van der Waals surface area contributed by atoms with Crippen LogP contribution in [0, 0.1) is 7.14 Å². The first-order valence-electron chi connectivity index (χ1n) is 3.32. The lowest BCUT2D eigenvalue weighted by molar-refractivity contribution is 0.0599. The number of halogens is 2. The molecule has 13 heavy (non-hydrogen) atoms. The van der Waals surface area contributed by atoms with E-state index < -0.39 is 5.97 Å². The molecule has 0 aliphatic carbocycles. The third-order valence-corrected chi connectivity index (χ3v) is 3.18. The van der Waals surface area contributed by atoms with Crippen molar-refractivity contribution in [1.82, 2.24) is 0 Å². The van der Waals surface area contributed by atoms with Crippen LogP contribution in [0.4, 0.5) is 0 Å². The van der Waals surface area contributed by atoms with Crippen molar-refractivity contribution in [3.63, 3.8) is 0 Å². The van der Waals surface area contributed by atoms with Gasteiger partial charge in [-0.05, 0) is 57.3 Å². The molecule has 0 aliphatic rings. The van der Waals surface area contributed by atoms with Crippen LogP contribution < -0.4 is 0 Å². The molecule has 1 aromatic rings. The van der Waals surface area contributed by atoms with Crippen LogP contribution in [-0.2, 0) is 4.74 Å². The highest BCUT2D eigenvalue weighted by Crippen LogP contribution is 2.26. The summed E-state index contributed by atoms with van der Waals surface area (Å²) in [6.45, 7) is 0. The van der Waals surface area contributed by atoms with Gasteiger partial charge < -0.3 is 9.84 Å².